The molecule has 1 amide bonds. The lowest BCUT2D eigenvalue weighted by Gasteiger charge is -2.06. The summed E-state index contributed by atoms with van der Waals surface area (Å²) < 4.78 is 1.75. The number of hydrogen-bond donors (Lipinski definition) is 2. The molecule has 0 radical (unpaired) electrons. The zero-order valence-electron chi connectivity index (χ0n) is 11.2. The largest absolute Gasteiger partial charge is 0.352 e. The van der Waals surface area contributed by atoms with Gasteiger partial charge in [0.2, 0.25) is 0 Å². The molecule has 0 fully saturated rings. The Morgan fingerprint density at radius 3 is 2.60 bits per heavy atom. The van der Waals surface area contributed by atoms with Gasteiger partial charge in [0.1, 0.15) is 0 Å². The fourth-order valence-corrected chi connectivity index (χ4v) is 1.76. The van der Waals surface area contributed by atoms with E-state index in [2.05, 4.69) is 10.4 Å². The Hall–Kier alpha value is -1.85. The van der Waals surface area contributed by atoms with Crippen molar-refractivity contribution in [3.05, 3.63) is 48.3 Å². The summed E-state index contributed by atoms with van der Waals surface area (Å²) in [5.74, 6) is -0.0518. The normalized spacial score (nSPS) is 9.85. The minimum atomic E-state index is -0.0518. The molecule has 0 aliphatic rings. The first kappa shape index (κ1) is 16.2. The molecule has 2 rings (SSSR count). The summed E-state index contributed by atoms with van der Waals surface area (Å²) >= 11 is 0. The van der Waals surface area contributed by atoms with Crippen LogP contribution in [0.25, 0.3) is 5.69 Å². The van der Waals surface area contributed by atoms with Gasteiger partial charge in [-0.25, -0.2) is 4.68 Å². The standard InChI is InChI=1S/C14H18N4O.ClH/c15-8-1-2-9-16-14(19)12-4-6-13(7-5-12)18-11-3-10-17-18;/h3-7,10-11H,1-2,8-9,15H2,(H,16,19);1H. The molecule has 0 unspecified atom stereocenters. The van der Waals surface area contributed by atoms with Gasteiger partial charge < -0.3 is 11.1 Å². The molecule has 108 valence electrons. The van der Waals surface area contributed by atoms with Crippen LogP contribution in [0.15, 0.2) is 42.7 Å². The van der Waals surface area contributed by atoms with Crippen molar-refractivity contribution in [1.82, 2.24) is 15.1 Å². The van der Waals surface area contributed by atoms with Crippen LogP contribution in [0.3, 0.4) is 0 Å². The Morgan fingerprint density at radius 1 is 1.25 bits per heavy atom. The maximum absolute atomic E-state index is 11.8. The highest BCUT2D eigenvalue weighted by Gasteiger charge is 2.04. The highest BCUT2D eigenvalue weighted by Crippen LogP contribution is 2.08. The van der Waals surface area contributed by atoms with Crippen LogP contribution in [-0.4, -0.2) is 28.8 Å². The number of carbonyl (C=O) groups is 1. The molecule has 6 heteroatoms. The number of rotatable bonds is 6. The summed E-state index contributed by atoms with van der Waals surface area (Å²) in [5, 5.41) is 7.01. The lowest BCUT2D eigenvalue weighted by atomic mass is 10.2. The average Bonchev–Trinajstić information content (AvgIpc) is 2.98. The van der Waals surface area contributed by atoms with Crippen LogP contribution in [0.1, 0.15) is 23.2 Å². The number of amides is 1. The summed E-state index contributed by atoms with van der Waals surface area (Å²) in [6.07, 6.45) is 5.42. The van der Waals surface area contributed by atoms with Crippen LogP contribution in [0.5, 0.6) is 0 Å². The fourth-order valence-electron chi connectivity index (χ4n) is 1.76. The van der Waals surface area contributed by atoms with Crippen molar-refractivity contribution in [1.29, 1.82) is 0 Å². The van der Waals surface area contributed by atoms with Crippen molar-refractivity contribution in [2.75, 3.05) is 13.1 Å². The van der Waals surface area contributed by atoms with Gasteiger partial charge in [0.25, 0.3) is 5.91 Å². The molecule has 0 saturated carbocycles. The maximum Gasteiger partial charge on any atom is 0.251 e. The predicted octanol–water partition coefficient (Wildman–Crippen LogP) is 1.76. The number of nitrogens with one attached hydrogen (secondary N) is 1. The van der Waals surface area contributed by atoms with Gasteiger partial charge in [0.05, 0.1) is 5.69 Å². The summed E-state index contributed by atoms with van der Waals surface area (Å²) in [4.78, 5) is 11.8. The third kappa shape index (κ3) is 4.36. The highest BCUT2D eigenvalue weighted by molar-refractivity contribution is 5.94. The van der Waals surface area contributed by atoms with Gasteiger partial charge >= 0.3 is 0 Å². The van der Waals surface area contributed by atoms with Gasteiger partial charge in [0.15, 0.2) is 0 Å². The predicted molar refractivity (Wildman–Crippen MR) is 81.4 cm³/mol. The van der Waals surface area contributed by atoms with E-state index in [4.69, 9.17) is 5.73 Å². The molecular weight excluding hydrogens is 276 g/mol. The van der Waals surface area contributed by atoms with Gasteiger partial charge in [-0.05, 0) is 49.7 Å². The van der Waals surface area contributed by atoms with Gasteiger partial charge in [-0.1, -0.05) is 0 Å². The van der Waals surface area contributed by atoms with Crippen molar-refractivity contribution in [3.63, 3.8) is 0 Å². The number of unbranched alkanes of at least 4 members (excludes halogenated alkanes) is 1. The minimum absolute atomic E-state index is 0. The summed E-state index contributed by atoms with van der Waals surface area (Å²) in [6, 6.07) is 9.21. The molecule has 0 aliphatic heterocycles. The van der Waals surface area contributed by atoms with Crippen LogP contribution in [0, 0.1) is 0 Å². The van der Waals surface area contributed by atoms with Crippen LogP contribution < -0.4 is 11.1 Å². The lowest BCUT2D eigenvalue weighted by molar-refractivity contribution is 0.0953. The molecule has 1 aromatic carbocycles. The van der Waals surface area contributed by atoms with E-state index in [0.29, 0.717) is 18.7 Å². The molecule has 0 atom stereocenters. The molecule has 1 heterocycles. The maximum atomic E-state index is 11.8. The highest BCUT2D eigenvalue weighted by atomic mass is 35.5. The Kier molecular flexibility index (Phi) is 6.76. The monoisotopic (exact) mass is 294 g/mol. The molecule has 5 nitrogen and oxygen atoms in total. The van der Waals surface area contributed by atoms with Crippen LogP contribution >= 0.6 is 12.4 Å². The van der Waals surface area contributed by atoms with Crippen molar-refractivity contribution in [2.45, 2.75) is 12.8 Å². The Balaban J connectivity index is 0.00000200. The number of aromatic nitrogens is 2. The third-order valence-corrected chi connectivity index (χ3v) is 2.81. The van der Waals surface area contributed by atoms with Gasteiger partial charge in [0, 0.05) is 24.5 Å². The fraction of sp³-hybridized carbons (Fsp3) is 0.286. The molecule has 2 aromatic rings. The molecule has 0 bridgehead atoms. The topological polar surface area (TPSA) is 72.9 Å². The zero-order chi connectivity index (χ0) is 13.5. The second-order valence-corrected chi connectivity index (χ2v) is 4.25. The lowest BCUT2D eigenvalue weighted by Crippen LogP contribution is -2.24. The van der Waals surface area contributed by atoms with Crippen LogP contribution in [0.2, 0.25) is 0 Å². The van der Waals surface area contributed by atoms with E-state index in [1.54, 1.807) is 23.0 Å². The van der Waals surface area contributed by atoms with Crippen molar-refractivity contribution in [2.24, 2.45) is 5.73 Å². The first-order valence-corrected chi connectivity index (χ1v) is 6.39. The molecule has 0 saturated heterocycles. The molecule has 0 spiro atoms. The first-order valence-electron chi connectivity index (χ1n) is 6.39. The first-order chi connectivity index (χ1) is 9.31. The molecule has 20 heavy (non-hydrogen) atoms. The zero-order valence-corrected chi connectivity index (χ0v) is 12.0. The van der Waals surface area contributed by atoms with E-state index in [1.165, 1.54) is 0 Å². The van der Waals surface area contributed by atoms with Crippen molar-refractivity contribution >= 4 is 18.3 Å². The van der Waals surface area contributed by atoms with Gasteiger partial charge in [-0.2, -0.15) is 5.10 Å². The second kappa shape index (κ2) is 8.35. The number of nitrogens with two attached hydrogens (primary N) is 1. The molecule has 3 N–H and O–H groups in total. The smallest absolute Gasteiger partial charge is 0.251 e. The van der Waals surface area contributed by atoms with Gasteiger partial charge in [-0.3, -0.25) is 4.79 Å². The summed E-state index contributed by atoms with van der Waals surface area (Å²) in [7, 11) is 0. The van der Waals surface area contributed by atoms with Crippen molar-refractivity contribution in [3.8, 4) is 5.69 Å². The van der Waals surface area contributed by atoms with Crippen LogP contribution in [0.4, 0.5) is 0 Å². The number of halogens is 1. The average molecular weight is 295 g/mol. The van der Waals surface area contributed by atoms with E-state index >= 15 is 0 Å². The summed E-state index contributed by atoms with van der Waals surface area (Å²) in [5.41, 5.74) is 6.99. The number of carbonyl (C=O) groups excluding carboxylic acids is 1. The molecule has 1 aromatic heterocycles. The Bertz CT molecular complexity index is 510. The van der Waals surface area contributed by atoms with E-state index in [-0.39, 0.29) is 18.3 Å². The van der Waals surface area contributed by atoms with Crippen molar-refractivity contribution < 1.29 is 4.79 Å². The minimum Gasteiger partial charge on any atom is -0.352 e. The number of nitrogens with zero attached hydrogens (tertiary/aromatic N) is 2. The molecular formula is C14H19ClN4O. The second-order valence-electron chi connectivity index (χ2n) is 4.25. The Labute approximate surface area is 124 Å². The molecule has 0 aliphatic carbocycles. The Morgan fingerprint density at radius 2 is 2.00 bits per heavy atom. The number of hydrogen-bond acceptors (Lipinski definition) is 3. The van der Waals surface area contributed by atoms with E-state index < -0.39 is 0 Å². The third-order valence-electron chi connectivity index (χ3n) is 2.81. The van der Waals surface area contributed by atoms with E-state index in [1.807, 2.05) is 24.4 Å². The van der Waals surface area contributed by atoms with E-state index in [9.17, 15) is 4.79 Å². The summed E-state index contributed by atoms with van der Waals surface area (Å²) in [6.45, 7) is 1.32. The van der Waals surface area contributed by atoms with Crippen LogP contribution in [-0.2, 0) is 0 Å². The number of benzene rings is 1. The van der Waals surface area contributed by atoms with E-state index in [0.717, 1.165) is 18.5 Å². The van der Waals surface area contributed by atoms with Gasteiger partial charge in [-0.15, -0.1) is 12.4 Å². The quantitative estimate of drug-likeness (QED) is 0.798. The SMILES string of the molecule is Cl.NCCCCNC(=O)c1ccc(-n2cccn2)cc1.